The van der Waals surface area contributed by atoms with Crippen molar-refractivity contribution in [3.05, 3.63) is 17.5 Å². The maximum Gasteiger partial charge on any atom is 0.134 e. The summed E-state index contributed by atoms with van der Waals surface area (Å²) in [6.45, 7) is 6.58. The van der Waals surface area contributed by atoms with Gasteiger partial charge in [0.15, 0.2) is 0 Å². The zero-order chi connectivity index (χ0) is 9.84. The number of ketones is 1. The highest BCUT2D eigenvalue weighted by atomic mass is 16.1. The minimum absolute atomic E-state index is 0.299. The van der Waals surface area contributed by atoms with Crippen molar-refractivity contribution in [2.75, 3.05) is 0 Å². The van der Waals surface area contributed by atoms with Gasteiger partial charge in [-0.3, -0.25) is 9.48 Å². The predicted octanol–water partition coefficient (Wildman–Crippen LogP) is 1.87. The van der Waals surface area contributed by atoms with Crippen molar-refractivity contribution in [3.63, 3.8) is 0 Å². The molecule has 0 aliphatic heterocycles. The Balaban J connectivity index is 2.54. The van der Waals surface area contributed by atoms with E-state index in [9.17, 15) is 4.79 Å². The molecule has 0 radical (unpaired) electrons. The van der Waals surface area contributed by atoms with Crippen LogP contribution in [0.5, 0.6) is 0 Å². The quantitative estimate of drug-likeness (QED) is 0.709. The van der Waals surface area contributed by atoms with Crippen LogP contribution in [0.25, 0.3) is 0 Å². The van der Waals surface area contributed by atoms with Gasteiger partial charge in [0.2, 0.25) is 0 Å². The lowest BCUT2D eigenvalue weighted by Crippen LogP contribution is -2.07. The Kier molecular flexibility index (Phi) is 3.23. The SMILES string of the molecule is CCC(=O)CCn1nc(C)cc1C. The molecule has 72 valence electrons. The molecule has 0 N–H and O–H groups in total. The number of hydrogen-bond donors (Lipinski definition) is 0. The summed E-state index contributed by atoms with van der Waals surface area (Å²) < 4.78 is 1.89. The lowest BCUT2D eigenvalue weighted by Gasteiger charge is -2.01. The smallest absolute Gasteiger partial charge is 0.134 e. The van der Waals surface area contributed by atoms with Crippen LogP contribution in [0, 0.1) is 13.8 Å². The van der Waals surface area contributed by atoms with Gasteiger partial charge < -0.3 is 0 Å². The summed E-state index contributed by atoms with van der Waals surface area (Å²) >= 11 is 0. The van der Waals surface area contributed by atoms with Crippen molar-refractivity contribution >= 4 is 5.78 Å². The lowest BCUT2D eigenvalue weighted by molar-refractivity contribution is -0.119. The fourth-order valence-electron chi connectivity index (χ4n) is 1.31. The molecule has 0 bridgehead atoms. The molecular formula is C10H16N2O. The fourth-order valence-corrected chi connectivity index (χ4v) is 1.31. The number of Topliss-reactive ketones (excluding diaryl/α,β-unsaturated/α-hetero) is 1. The molecule has 0 saturated heterocycles. The molecule has 0 amide bonds. The summed E-state index contributed by atoms with van der Waals surface area (Å²) in [6, 6.07) is 2.02. The number of aryl methyl sites for hydroxylation is 3. The molecule has 0 saturated carbocycles. The molecule has 3 nitrogen and oxygen atoms in total. The zero-order valence-corrected chi connectivity index (χ0v) is 8.50. The summed E-state index contributed by atoms with van der Waals surface area (Å²) in [5.41, 5.74) is 2.14. The molecule has 0 aliphatic rings. The second-order valence-corrected chi connectivity index (χ2v) is 3.29. The second-order valence-electron chi connectivity index (χ2n) is 3.29. The molecular weight excluding hydrogens is 164 g/mol. The van der Waals surface area contributed by atoms with Gasteiger partial charge in [-0.05, 0) is 19.9 Å². The van der Waals surface area contributed by atoms with E-state index in [1.54, 1.807) is 0 Å². The van der Waals surface area contributed by atoms with Gasteiger partial charge in [-0.2, -0.15) is 5.10 Å². The summed E-state index contributed by atoms with van der Waals surface area (Å²) in [5, 5.41) is 4.28. The Morgan fingerprint density at radius 2 is 2.23 bits per heavy atom. The molecule has 13 heavy (non-hydrogen) atoms. The second kappa shape index (κ2) is 4.21. The van der Waals surface area contributed by atoms with E-state index in [-0.39, 0.29) is 0 Å². The Labute approximate surface area is 78.8 Å². The molecule has 0 aromatic carbocycles. The molecule has 0 aliphatic carbocycles. The van der Waals surface area contributed by atoms with E-state index in [0.717, 1.165) is 11.4 Å². The monoisotopic (exact) mass is 180 g/mol. The average molecular weight is 180 g/mol. The number of carbonyl (C=O) groups is 1. The highest BCUT2D eigenvalue weighted by Crippen LogP contribution is 2.03. The third-order valence-corrected chi connectivity index (χ3v) is 2.10. The van der Waals surface area contributed by atoms with E-state index in [4.69, 9.17) is 0 Å². The standard InChI is InChI=1S/C10H16N2O/c1-4-10(13)5-6-12-9(3)7-8(2)11-12/h7H,4-6H2,1-3H3. The molecule has 1 heterocycles. The first kappa shape index (κ1) is 9.96. The van der Waals surface area contributed by atoms with Crippen LogP contribution in [0.1, 0.15) is 31.2 Å². The molecule has 3 heteroatoms. The maximum absolute atomic E-state index is 11.1. The molecule has 0 spiro atoms. The van der Waals surface area contributed by atoms with Gasteiger partial charge in [-0.25, -0.2) is 0 Å². The van der Waals surface area contributed by atoms with Gasteiger partial charge in [-0.1, -0.05) is 6.92 Å². The van der Waals surface area contributed by atoms with Crippen molar-refractivity contribution in [3.8, 4) is 0 Å². The Bertz CT molecular complexity index is 302. The van der Waals surface area contributed by atoms with Gasteiger partial charge in [0.25, 0.3) is 0 Å². The Hall–Kier alpha value is -1.12. The minimum Gasteiger partial charge on any atom is -0.300 e. The van der Waals surface area contributed by atoms with Crippen LogP contribution < -0.4 is 0 Å². The van der Waals surface area contributed by atoms with E-state index in [1.807, 2.05) is 31.5 Å². The summed E-state index contributed by atoms with van der Waals surface area (Å²) in [7, 11) is 0. The lowest BCUT2D eigenvalue weighted by atomic mass is 10.2. The van der Waals surface area contributed by atoms with Crippen molar-refractivity contribution in [1.29, 1.82) is 0 Å². The van der Waals surface area contributed by atoms with Gasteiger partial charge in [0.1, 0.15) is 5.78 Å². The van der Waals surface area contributed by atoms with Crippen LogP contribution in [0.4, 0.5) is 0 Å². The highest BCUT2D eigenvalue weighted by molar-refractivity contribution is 5.77. The average Bonchev–Trinajstić information content (AvgIpc) is 2.41. The van der Waals surface area contributed by atoms with Crippen molar-refractivity contribution in [2.45, 2.75) is 40.2 Å². The number of aromatic nitrogens is 2. The topological polar surface area (TPSA) is 34.9 Å². The first-order chi connectivity index (χ1) is 6.13. The predicted molar refractivity (Wildman–Crippen MR) is 51.6 cm³/mol. The van der Waals surface area contributed by atoms with E-state index in [2.05, 4.69) is 5.10 Å². The molecule has 1 aromatic heterocycles. The zero-order valence-electron chi connectivity index (χ0n) is 8.50. The third kappa shape index (κ3) is 2.68. The number of nitrogens with zero attached hydrogens (tertiary/aromatic N) is 2. The van der Waals surface area contributed by atoms with Gasteiger partial charge >= 0.3 is 0 Å². The van der Waals surface area contributed by atoms with Crippen molar-refractivity contribution < 1.29 is 4.79 Å². The highest BCUT2D eigenvalue weighted by Gasteiger charge is 2.03. The van der Waals surface area contributed by atoms with E-state index in [1.165, 1.54) is 0 Å². The van der Waals surface area contributed by atoms with Crippen LogP contribution in [0.2, 0.25) is 0 Å². The van der Waals surface area contributed by atoms with Crippen molar-refractivity contribution in [2.24, 2.45) is 0 Å². The van der Waals surface area contributed by atoms with Gasteiger partial charge in [0.05, 0.1) is 5.69 Å². The van der Waals surface area contributed by atoms with Crippen LogP contribution in [0.15, 0.2) is 6.07 Å². The fraction of sp³-hybridized carbons (Fsp3) is 0.600. The first-order valence-electron chi connectivity index (χ1n) is 4.66. The van der Waals surface area contributed by atoms with Gasteiger partial charge in [0, 0.05) is 25.1 Å². The van der Waals surface area contributed by atoms with E-state index >= 15 is 0 Å². The summed E-state index contributed by atoms with van der Waals surface area (Å²) in [4.78, 5) is 11.1. The van der Waals surface area contributed by atoms with Crippen LogP contribution in [-0.2, 0) is 11.3 Å². The minimum atomic E-state index is 0.299. The Morgan fingerprint density at radius 1 is 1.54 bits per heavy atom. The van der Waals surface area contributed by atoms with E-state index in [0.29, 0.717) is 25.2 Å². The third-order valence-electron chi connectivity index (χ3n) is 2.10. The molecule has 1 rings (SSSR count). The number of hydrogen-bond acceptors (Lipinski definition) is 2. The van der Waals surface area contributed by atoms with E-state index < -0.39 is 0 Å². The number of rotatable bonds is 4. The van der Waals surface area contributed by atoms with Crippen LogP contribution in [0.3, 0.4) is 0 Å². The maximum atomic E-state index is 11.1. The first-order valence-corrected chi connectivity index (χ1v) is 4.66. The van der Waals surface area contributed by atoms with Crippen molar-refractivity contribution in [1.82, 2.24) is 9.78 Å². The largest absolute Gasteiger partial charge is 0.300 e. The molecule has 1 aromatic rings. The molecule has 0 unspecified atom stereocenters. The molecule has 0 fully saturated rings. The Morgan fingerprint density at radius 3 is 2.69 bits per heavy atom. The van der Waals surface area contributed by atoms with Crippen LogP contribution >= 0.6 is 0 Å². The van der Waals surface area contributed by atoms with Crippen LogP contribution in [-0.4, -0.2) is 15.6 Å². The van der Waals surface area contributed by atoms with Gasteiger partial charge in [-0.15, -0.1) is 0 Å². The number of carbonyl (C=O) groups excluding carboxylic acids is 1. The molecule has 0 atom stereocenters. The summed E-state index contributed by atoms with van der Waals surface area (Å²) in [5.74, 6) is 0.299. The normalized spacial score (nSPS) is 10.4. The summed E-state index contributed by atoms with van der Waals surface area (Å²) in [6.07, 6.45) is 1.22.